The minimum absolute atomic E-state index is 0.423. The topological polar surface area (TPSA) is 50.9 Å². The van der Waals surface area contributed by atoms with Crippen LogP contribution in [0.5, 0.6) is 0 Å². The highest BCUT2D eigenvalue weighted by Crippen LogP contribution is 2.29. The van der Waals surface area contributed by atoms with E-state index in [2.05, 4.69) is 24.3 Å². The van der Waals surface area contributed by atoms with E-state index in [4.69, 9.17) is 5.84 Å². The molecule has 0 aliphatic rings. The Morgan fingerprint density at radius 3 is 2.93 bits per heavy atom. The zero-order valence-electron chi connectivity index (χ0n) is 8.24. The average molecular weight is 207 g/mol. The largest absolute Gasteiger partial charge is 0.323 e. The maximum atomic E-state index is 5.47. The number of nitrogen functional groups attached to an aromatic ring is 1. The van der Waals surface area contributed by atoms with Crippen LogP contribution in [0.25, 0.3) is 10.2 Å². The Morgan fingerprint density at radius 2 is 2.29 bits per heavy atom. The van der Waals surface area contributed by atoms with Crippen LogP contribution in [-0.4, -0.2) is 4.98 Å². The van der Waals surface area contributed by atoms with E-state index in [1.165, 1.54) is 0 Å². The van der Waals surface area contributed by atoms with E-state index in [1.807, 2.05) is 17.5 Å². The van der Waals surface area contributed by atoms with Crippen LogP contribution < -0.4 is 11.3 Å². The lowest BCUT2D eigenvalue weighted by atomic mass is 10.1. The number of nitrogens with one attached hydrogen (secondary N) is 1. The summed E-state index contributed by atoms with van der Waals surface area (Å²) < 4.78 is 1.12. The number of fused-ring (bicyclic) bond motifs is 1. The summed E-state index contributed by atoms with van der Waals surface area (Å²) >= 11 is 1.65. The molecule has 0 unspecified atom stereocenters. The van der Waals surface area contributed by atoms with Gasteiger partial charge in [-0.05, 0) is 23.4 Å². The lowest BCUT2D eigenvalue weighted by molar-refractivity contribution is 0.830. The van der Waals surface area contributed by atoms with Gasteiger partial charge in [-0.1, -0.05) is 13.8 Å². The van der Waals surface area contributed by atoms with Crippen LogP contribution in [0.3, 0.4) is 0 Å². The molecule has 0 amide bonds. The predicted octanol–water partition coefficient (Wildman–Crippen LogP) is 2.71. The molecule has 0 aromatic carbocycles. The number of nitrogens with zero attached hydrogens (tertiary/aromatic N) is 1. The summed E-state index contributed by atoms with van der Waals surface area (Å²) in [6.45, 7) is 4.25. The number of anilines is 1. The molecule has 0 aliphatic carbocycles. The maximum absolute atomic E-state index is 5.47. The minimum atomic E-state index is 0.423. The number of nitrogens with two attached hydrogens (primary N) is 1. The SMILES string of the molecule is CC(C)c1cc(NN)c2sccc2n1. The van der Waals surface area contributed by atoms with Crippen molar-refractivity contribution in [3.63, 3.8) is 0 Å². The molecule has 0 saturated carbocycles. The highest BCUT2D eigenvalue weighted by molar-refractivity contribution is 7.17. The number of hydrogen-bond donors (Lipinski definition) is 2. The van der Waals surface area contributed by atoms with Gasteiger partial charge in [-0.2, -0.15) is 0 Å². The molecule has 2 aromatic heterocycles. The lowest BCUT2D eigenvalue weighted by Crippen LogP contribution is -2.08. The fourth-order valence-electron chi connectivity index (χ4n) is 1.38. The molecule has 0 fully saturated rings. The van der Waals surface area contributed by atoms with Gasteiger partial charge in [-0.25, -0.2) is 0 Å². The van der Waals surface area contributed by atoms with E-state index in [0.717, 1.165) is 21.6 Å². The van der Waals surface area contributed by atoms with Crippen molar-refractivity contribution >= 4 is 27.2 Å². The monoisotopic (exact) mass is 207 g/mol. The Labute approximate surface area is 86.9 Å². The third kappa shape index (κ3) is 1.47. The highest BCUT2D eigenvalue weighted by atomic mass is 32.1. The molecular weight excluding hydrogens is 194 g/mol. The van der Waals surface area contributed by atoms with Gasteiger partial charge in [0.15, 0.2) is 0 Å². The molecule has 0 saturated heterocycles. The van der Waals surface area contributed by atoms with Gasteiger partial charge < -0.3 is 5.43 Å². The molecule has 0 bridgehead atoms. The molecule has 0 atom stereocenters. The quantitative estimate of drug-likeness (QED) is 0.588. The third-order valence-electron chi connectivity index (χ3n) is 2.18. The fourth-order valence-corrected chi connectivity index (χ4v) is 2.19. The van der Waals surface area contributed by atoms with Gasteiger partial charge in [0, 0.05) is 5.69 Å². The second-order valence-electron chi connectivity index (χ2n) is 3.53. The zero-order valence-corrected chi connectivity index (χ0v) is 9.06. The third-order valence-corrected chi connectivity index (χ3v) is 3.11. The summed E-state index contributed by atoms with van der Waals surface area (Å²) in [5, 5.41) is 2.03. The molecule has 2 heterocycles. The second kappa shape index (κ2) is 3.55. The van der Waals surface area contributed by atoms with E-state index in [0.29, 0.717) is 5.92 Å². The van der Waals surface area contributed by atoms with Gasteiger partial charge in [-0.3, -0.25) is 10.8 Å². The van der Waals surface area contributed by atoms with Crippen LogP contribution in [-0.2, 0) is 0 Å². The molecule has 2 rings (SSSR count). The van der Waals surface area contributed by atoms with E-state index in [-0.39, 0.29) is 0 Å². The number of hydrogen-bond acceptors (Lipinski definition) is 4. The minimum Gasteiger partial charge on any atom is -0.323 e. The standard InChI is InChI=1S/C10H13N3S/c1-6(2)8-5-9(13-11)10-7(12-8)3-4-14-10/h3-6H,11H2,1-2H3,(H,12,13). The van der Waals surface area contributed by atoms with Crippen LogP contribution in [0.4, 0.5) is 5.69 Å². The van der Waals surface area contributed by atoms with Crippen molar-refractivity contribution in [1.82, 2.24) is 4.98 Å². The van der Waals surface area contributed by atoms with Crippen molar-refractivity contribution < 1.29 is 0 Å². The number of aromatic nitrogens is 1. The smallest absolute Gasteiger partial charge is 0.0834 e. The Balaban J connectivity index is 2.67. The summed E-state index contributed by atoms with van der Waals surface area (Å²) in [5.41, 5.74) is 5.78. The second-order valence-corrected chi connectivity index (χ2v) is 4.44. The van der Waals surface area contributed by atoms with Gasteiger partial charge in [-0.15, -0.1) is 11.3 Å². The van der Waals surface area contributed by atoms with Crippen LogP contribution in [0.1, 0.15) is 25.5 Å². The predicted molar refractivity (Wildman–Crippen MR) is 61.5 cm³/mol. The number of rotatable bonds is 2. The summed E-state index contributed by atoms with van der Waals surface area (Å²) in [5.74, 6) is 5.90. The summed E-state index contributed by atoms with van der Waals surface area (Å²) in [6, 6.07) is 4.04. The van der Waals surface area contributed by atoms with Crippen molar-refractivity contribution in [2.24, 2.45) is 5.84 Å². The number of pyridine rings is 1. The van der Waals surface area contributed by atoms with Crippen molar-refractivity contribution in [3.8, 4) is 0 Å². The first-order valence-corrected chi connectivity index (χ1v) is 5.45. The molecule has 3 N–H and O–H groups in total. The van der Waals surface area contributed by atoms with Gasteiger partial charge >= 0.3 is 0 Å². The first-order valence-electron chi connectivity index (χ1n) is 4.57. The lowest BCUT2D eigenvalue weighted by Gasteiger charge is -2.08. The van der Waals surface area contributed by atoms with Crippen molar-refractivity contribution in [1.29, 1.82) is 0 Å². The molecule has 0 aliphatic heterocycles. The van der Waals surface area contributed by atoms with Crippen LogP contribution in [0.15, 0.2) is 17.5 Å². The van der Waals surface area contributed by atoms with Gasteiger partial charge in [0.2, 0.25) is 0 Å². The summed E-state index contributed by atoms with van der Waals surface area (Å²) in [7, 11) is 0. The Bertz CT molecular complexity index is 448. The molecule has 2 aromatic rings. The molecule has 74 valence electrons. The maximum Gasteiger partial charge on any atom is 0.0834 e. The molecule has 4 heteroatoms. The summed E-state index contributed by atoms with van der Waals surface area (Å²) in [4.78, 5) is 4.56. The van der Waals surface area contributed by atoms with Gasteiger partial charge in [0.25, 0.3) is 0 Å². The molecule has 14 heavy (non-hydrogen) atoms. The van der Waals surface area contributed by atoms with E-state index in [1.54, 1.807) is 11.3 Å². The van der Waals surface area contributed by atoms with Crippen molar-refractivity contribution in [3.05, 3.63) is 23.2 Å². The first kappa shape index (κ1) is 9.43. The van der Waals surface area contributed by atoms with Gasteiger partial charge in [0.05, 0.1) is 15.9 Å². The van der Waals surface area contributed by atoms with E-state index in [9.17, 15) is 0 Å². The van der Waals surface area contributed by atoms with Crippen LogP contribution in [0.2, 0.25) is 0 Å². The number of hydrazine groups is 1. The normalized spacial score (nSPS) is 11.1. The van der Waals surface area contributed by atoms with Crippen molar-refractivity contribution in [2.75, 3.05) is 5.43 Å². The highest BCUT2D eigenvalue weighted by Gasteiger charge is 2.08. The molecule has 3 nitrogen and oxygen atoms in total. The zero-order chi connectivity index (χ0) is 10.1. The van der Waals surface area contributed by atoms with E-state index >= 15 is 0 Å². The van der Waals surface area contributed by atoms with Crippen molar-refractivity contribution in [2.45, 2.75) is 19.8 Å². The fraction of sp³-hybridized carbons (Fsp3) is 0.300. The van der Waals surface area contributed by atoms with Crippen LogP contribution >= 0.6 is 11.3 Å². The van der Waals surface area contributed by atoms with E-state index < -0.39 is 0 Å². The molecular formula is C10H13N3S. The van der Waals surface area contributed by atoms with Crippen LogP contribution in [0, 0.1) is 0 Å². The number of thiophene rings is 1. The first-order chi connectivity index (χ1) is 6.72. The molecule has 0 spiro atoms. The molecule has 0 radical (unpaired) electrons. The Morgan fingerprint density at radius 1 is 1.50 bits per heavy atom. The van der Waals surface area contributed by atoms with Gasteiger partial charge in [0.1, 0.15) is 0 Å². The summed E-state index contributed by atoms with van der Waals surface area (Å²) in [6.07, 6.45) is 0. The Hall–Kier alpha value is -1.13. The average Bonchev–Trinajstić information content (AvgIpc) is 2.63. The Kier molecular flexibility index (Phi) is 2.39.